The number of rotatable bonds is 6. The molecule has 8 heteroatoms. The first-order chi connectivity index (χ1) is 14.5. The number of hydrogen-bond donors (Lipinski definition) is 3. The maximum atomic E-state index is 11.3. The SMILES string of the molecule is CC(=O)Nc1cc2c(cn1)COc1cc(OCC(C)(N)CC(C)C)ccc1-2.CC(=O)O. The molecule has 2 heterocycles. The first-order valence-corrected chi connectivity index (χ1v) is 10.1. The fraction of sp³-hybridized carbons (Fsp3) is 0.435. The number of hydrogen-bond acceptors (Lipinski definition) is 6. The van der Waals surface area contributed by atoms with Crippen LogP contribution in [0.15, 0.2) is 30.5 Å². The summed E-state index contributed by atoms with van der Waals surface area (Å²) in [4.78, 5) is 24.5. The zero-order chi connectivity index (χ0) is 23.2. The molecule has 1 aliphatic heterocycles. The van der Waals surface area contributed by atoms with Crippen molar-refractivity contribution in [3.63, 3.8) is 0 Å². The number of carbonyl (C=O) groups excluding carboxylic acids is 1. The number of nitrogens with zero attached hydrogens (tertiary/aromatic N) is 1. The number of anilines is 1. The average molecular weight is 430 g/mol. The monoisotopic (exact) mass is 429 g/mol. The Kier molecular flexibility index (Phi) is 7.99. The zero-order valence-electron chi connectivity index (χ0n) is 18.7. The van der Waals surface area contributed by atoms with Gasteiger partial charge in [-0.25, -0.2) is 4.98 Å². The lowest BCUT2D eigenvalue weighted by Crippen LogP contribution is -2.43. The van der Waals surface area contributed by atoms with Crippen molar-refractivity contribution in [1.29, 1.82) is 0 Å². The third-order valence-corrected chi connectivity index (χ3v) is 4.36. The van der Waals surface area contributed by atoms with Gasteiger partial charge in [0, 0.05) is 42.8 Å². The predicted molar refractivity (Wildman–Crippen MR) is 119 cm³/mol. The first-order valence-electron chi connectivity index (χ1n) is 10.1. The molecule has 1 aromatic carbocycles. The predicted octanol–water partition coefficient (Wildman–Crippen LogP) is 3.83. The molecule has 1 atom stereocenters. The lowest BCUT2D eigenvalue weighted by atomic mass is 9.93. The van der Waals surface area contributed by atoms with Crippen LogP contribution in [0.5, 0.6) is 11.5 Å². The van der Waals surface area contributed by atoms with Crippen molar-refractivity contribution in [3.8, 4) is 22.6 Å². The summed E-state index contributed by atoms with van der Waals surface area (Å²) in [5, 5.41) is 10.1. The minimum Gasteiger partial charge on any atom is -0.492 e. The standard InChI is InChI=1S/C21H27N3O3.C2H4O2/c1-13(2)9-21(4,22)12-27-16-5-6-17-18-8-20(24-14(3)25)23-10-15(18)11-26-19(17)7-16;1-2(3)4/h5-8,10,13H,9,11-12,22H2,1-4H3,(H,23,24,25);1H3,(H,3,4). The van der Waals surface area contributed by atoms with E-state index in [1.807, 2.05) is 31.2 Å². The normalized spacial score (nSPS) is 13.5. The molecule has 1 aliphatic rings. The van der Waals surface area contributed by atoms with Gasteiger partial charge in [-0.15, -0.1) is 0 Å². The molecular formula is C23H31N3O5. The third-order valence-electron chi connectivity index (χ3n) is 4.36. The molecule has 1 amide bonds. The second-order valence-corrected chi connectivity index (χ2v) is 8.41. The quantitative estimate of drug-likeness (QED) is 0.637. The molecule has 1 aromatic heterocycles. The number of fused-ring (bicyclic) bond motifs is 3. The highest BCUT2D eigenvalue weighted by Crippen LogP contribution is 2.40. The van der Waals surface area contributed by atoms with Gasteiger partial charge in [0.2, 0.25) is 5.91 Å². The molecule has 0 spiro atoms. The number of amides is 1. The largest absolute Gasteiger partial charge is 0.492 e. The molecule has 31 heavy (non-hydrogen) atoms. The summed E-state index contributed by atoms with van der Waals surface area (Å²) in [5.74, 6) is 1.54. The highest BCUT2D eigenvalue weighted by Gasteiger charge is 2.23. The maximum absolute atomic E-state index is 11.3. The van der Waals surface area contributed by atoms with Crippen molar-refractivity contribution in [2.75, 3.05) is 11.9 Å². The van der Waals surface area contributed by atoms with Crippen LogP contribution in [0.2, 0.25) is 0 Å². The van der Waals surface area contributed by atoms with Crippen LogP contribution in [-0.4, -0.2) is 34.1 Å². The molecular weight excluding hydrogens is 398 g/mol. The van der Waals surface area contributed by atoms with Gasteiger partial charge in [-0.05, 0) is 43.0 Å². The minimum absolute atomic E-state index is 0.148. The smallest absolute Gasteiger partial charge is 0.300 e. The number of benzene rings is 1. The van der Waals surface area contributed by atoms with Crippen LogP contribution in [0.4, 0.5) is 5.82 Å². The first kappa shape index (κ1) is 24.1. The van der Waals surface area contributed by atoms with Crippen molar-refractivity contribution < 1.29 is 24.2 Å². The number of aliphatic carboxylic acids is 1. The highest BCUT2D eigenvalue weighted by atomic mass is 16.5. The lowest BCUT2D eigenvalue weighted by molar-refractivity contribution is -0.134. The summed E-state index contributed by atoms with van der Waals surface area (Å²) in [7, 11) is 0. The van der Waals surface area contributed by atoms with Gasteiger partial charge in [0.1, 0.15) is 30.5 Å². The Morgan fingerprint density at radius 2 is 1.97 bits per heavy atom. The molecule has 0 radical (unpaired) electrons. The third kappa shape index (κ3) is 7.57. The van der Waals surface area contributed by atoms with Crippen molar-refractivity contribution in [2.45, 2.75) is 53.2 Å². The van der Waals surface area contributed by atoms with Gasteiger partial charge in [-0.2, -0.15) is 0 Å². The van der Waals surface area contributed by atoms with Crippen LogP contribution in [0, 0.1) is 5.92 Å². The van der Waals surface area contributed by atoms with Crippen molar-refractivity contribution in [1.82, 2.24) is 4.98 Å². The summed E-state index contributed by atoms with van der Waals surface area (Å²) in [5.41, 5.74) is 8.89. The van der Waals surface area contributed by atoms with Crippen LogP contribution in [0.1, 0.15) is 46.6 Å². The minimum atomic E-state index is -0.833. The van der Waals surface area contributed by atoms with E-state index in [9.17, 15) is 4.79 Å². The fourth-order valence-electron chi connectivity index (χ4n) is 3.43. The van der Waals surface area contributed by atoms with E-state index in [0.29, 0.717) is 24.9 Å². The number of nitrogens with two attached hydrogens (primary N) is 1. The highest BCUT2D eigenvalue weighted by molar-refractivity contribution is 5.89. The Morgan fingerprint density at radius 3 is 2.58 bits per heavy atom. The van der Waals surface area contributed by atoms with E-state index in [0.717, 1.165) is 41.5 Å². The van der Waals surface area contributed by atoms with Gasteiger partial charge >= 0.3 is 0 Å². The van der Waals surface area contributed by atoms with Gasteiger partial charge in [0.05, 0.1) is 0 Å². The number of carbonyl (C=O) groups is 2. The number of nitrogens with one attached hydrogen (secondary N) is 1. The molecule has 0 bridgehead atoms. The fourth-order valence-corrected chi connectivity index (χ4v) is 3.43. The van der Waals surface area contributed by atoms with Crippen LogP contribution < -0.4 is 20.5 Å². The van der Waals surface area contributed by atoms with Gasteiger partial charge in [0.25, 0.3) is 5.97 Å². The van der Waals surface area contributed by atoms with Crippen molar-refractivity contribution >= 4 is 17.7 Å². The van der Waals surface area contributed by atoms with E-state index in [2.05, 4.69) is 24.1 Å². The van der Waals surface area contributed by atoms with E-state index in [1.54, 1.807) is 6.20 Å². The summed E-state index contributed by atoms with van der Waals surface area (Å²) >= 11 is 0. The van der Waals surface area contributed by atoms with Gasteiger partial charge < -0.3 is 25.6 Å². The molecule has 8 nitrogen and oxygen atoms in total. The summed E-state index contributed by atoms with van der Waals surface area (Å²) in [6, 6.07) is 7.65. The molecule has 0 fully saturated rings. The lowest BCUT2D eigenvalue weighted by Gasteiger charge is -2.27. The summed E-state index contributed by atoms with van der Waals surface area (Å²) in [6.07, 6.45) is 2.63. The van der Waals surface area contributed by atoms with E-state index >= 15 is 0 Å². The van der Waals surface area contributed by atoms with Gasteiger partial charge in [-0.3, -0.25) is 9.59 Å². The van der Waals surface area contributed by atoms with Crippen LogP contribution in [0.3, 0.4) is 0 Å². The second-order valence-electron chi connectivity index (χ2n) is 8.41. The van der Waals surface area contributed by atoms with Crippen molar-refractivity contribution in [2.24, 2.45) is 11.7 Å². The number of ether oxygens (including phenoxy) is 2. The zero-order valence-corrected chi connectivity index (χ0v) is 18.7. The molecule has 0 saturated carbocycles. The topological polar surface area (TPSA) is 124 Å². The van der Waals surface area contributed by atoms with Gasteiger partial charge in [0.15, 0.2) is 0 Å². The molecule has 2 aromatic rings. The van der Waals surface area contributed by atoms with Crippen molar-refractivity contribution in [3.05, 3.63) is 36.0 Å². The van der Waals surface area contributed by atoms with Crippen LogP contribution in [0.25, 0.3) is 11.1 Å². The Morgan fingerprint density at radius 1 is 1.29 bits per heavy atom. The molecule has 3 rings (SSSR count). The van der Waals surface area contributed by atoms with Crippen LogP contribution in [-0.2, 0) is 16.2 Å². The molecule has 0 saturated heterocycles. The van der Waals surface area contributed by atoms with Crippen LogP contribution >= 0.6 is 0 Å². The Bertz CT molecular complexity index is 937. The van der Waals surface area contributed by atoms with E-state index < -0.39 is 5.97 Å². The number of aromatic nitrogens is 1. The summed E-state index contributed by atoms with van der Waals surface area (Å²) in [6.45, 7) is 9.73. The van der Waals surface area contributed by atoms with Gasteiger partial charge in [-0.1, -0.05) is 13.8 Å². The van der Waals surface area contributed by atoms with E-state index in [4.69, 9.17) is 25.1 Å². The maximum Gasteiger partial charge on any atom is 0.300 e. The average Bonchev–Trinajstić information content (AvgIpc) is 2.64. The molecule has 168 valence electrons. The van der Waals surface area contributed by atoms with E-state index in [1.165, 1.54) is 6.92 Å². The number of pyridine rings is 1. The second kappa shape index (κ2) is 10.3. The Hall–Kier alpha value is -3.13. The molecule has 4 N–H and O–H groups in total. The molecule has 1 unspecified atom stereocenters. The number of carboxylic acids is 1. The number of carboxylic acid groups (broad SMARTS) is 1. The summed E-state index contributed by atoms with van der Waals surface area (Å²) < 4.78 is 11.8. The Balaban J connectivity index is 0.000000785. The Labute approximate surface area is 182 Å². The molecule has 0 aliphatic carbocycles. The van der Waals surface area contributed by atoms with E-state index in [-0.39, 0.29) is 11.4 Å².